The van der Waals surface area contributed by atoms with Gasteiger partial charge in [-0.15, -0.1) is 11.3 Å². The number of anilines is 1. The Kier molecular flexibility index (Phi) is 5.44. The molecular formula is C21H17N3O3S. The fourth-order valence-electron chi connectivity index (χ4n) is 2.56. The molecule has 0 aliphatic rings. The minimum Gasteiger partial charge on any atom is -0.453 e. The Balaban J connectivity index is 1.31. The molecule has 0 bridgehead atoms. The molecular weight excluding hydrogens is 374 g/mol. The van der Waals surface area contributed by atoms with Gasteiger partial charge in [-0.1, -0.05) is 65.8 Å². The van der Waals surface area contributed by atoms with E-state index in [2.05, 4.69) is 15.5 Å². The number of nitrogens with zero attached hydrogens (tertiary/aromatic N) is 2. The summed E-state index contributed by atoms with van der Waals surface area (Å²) in [4.78, 5) is 16.5. The van der Waals surface area contributed by atoms with Crippen LogP contribution in [0.2, 0.25) is 0 Å². The molecule has 0 aliphatic carbocycles. The van der Waals surface area contributed by atoms with E-state index in [0.29, 0.717) is 23.1 Å². The zero-order valence-corrected chi connectivity index (χ0v) is 15.7. The summed E-state index contributed by atoms with van der Waals surface area (Å²) in [5.74, 6) is -0.0217. The first-order valence-corrected chi connectivity index (χ1v) is 9.57. The van der Waals surface area contributed by atoms with E-state index in [1.165, 1.54) is 11.3 Å². The first-order valence-electron chi connectivity index (χ1n) is 8.69. The van der Waals surface area contributed by atoms with Crippen molar-refractivity contribution in [2.24, 2.45) is 0 Å². The van der Waals surface area contributed by atoms with Crippen molar-refractivity contribution < 1.29 is 14.1 Å². The molecule has 4 rings (SSSR count). The first-order chi connectivity index (χ1) is 13.8. The van der Waals surface area contributed by atoms with Crippen molar-refractivity contribution in [3.8, 4) is 11.3 Å². The summed E-state index contributed by atoms with van der Waals surface area (Å²) < 4.78 is 10.5. The van der Waals surface area contributed by atoms with Crippen LogP contribution in [-0.4, -0.2) is 16.1 Å². The van der Waals surface area contributed by atoms with Crippen LogP contribution in [0.5, 0.6) is 0 Å². The smallest absolute Gasteiger partial charge is 0.358 e. The van der Waals surface area contributed by atoms with Crippen LogP contribution >= 0.6 is 11.3 Å². The third-order valence-electron chi connectivity index (χ3n) is 3.97. The lowest BCUT2D eigenvalue weighted by atomic mass is 10.1. The molecule has 0 fully saturated rings. The Bertz CT molecular complexity index is 1040. The number of hydrogen-bond acceptors (Lipinski definition) is 7. The molecule has 2 aromatic heterocycles. The van der Waals surface area contributed by atoms with Crippen LogP contribution in [0.4, 0.5) is 5.13 Å². The maximum absolute atomic E-state index is 12.2. The maximum Gasteiger partial charge on any atom is 0.358 e. The van der Waals surface area contributed by atoms with Gasteiger partial charge in [-0.2, -0.15) is 0 Å². The van der Waals surface area contributed by atoms with Crippen LogP contribution < -0.4 is 5.32 Å². The fraction of sp³-hybridized carbons (Fsp3) is 0.0952. The summed E-state index contributed by atoms with van der Waals surface area (Å²) in [6.07, 6.45) is 0. The van der Waals surface area contributed by atoms with Gasteiger partial charge in [0.1, 0.15) is 5.69 Å². The zero-order valence-electron chi connectivity index (χ0n) is 14.9. The van der Waals surface area contributed by atoms with Crippen molar-refractivity contribution in [2.75, 3.05) is 5.32 Å². The molecule has 1 N–H and O–H groups in total. The number of benzene rings is 2. The molecule has 0 saturated heterocycles. The predicted octanol–water partition coefficient (Wildman–Crippen LogP) is 4.77. The second-order valence-corrected chi connectivity index (χ2v) is 6.86. The number of carbonyl (C=O) groups is 1. The van der Waals surface area contributed by atoms with E-state index < -0.39 is 5.97 Å². The van der Waals surface area contributed by atoms with E-state index in [0.717, 1.165) is 11.1 Å². The Labute approximate surface area is 165 Å². The molecule has 0 aliphatic heterocycles. The van der Waals surface area contributed by atoms with E-state index in [1.807, 2.05) is 60.7 Å². The van der Waals surface area contributed by atoms with Crippen molar-refractivity contribution in [3.63, 3.8) is 0 Å². The molecule has 0 saturated carbocycles. The average molecular weight is 391 g/mol. The zero-order chi connectivity index (χ0) is 19.2. The average Bonchev–Trinajstić information content (AvgIpc) is 3.42. The molecule has 0 atom stereocenters. The Hall–Kier alpha value is -3.45. The second-order valence-electron chi connectivity index (χ2n) is 6.00. The monoisotopic (exact) mass is 391 g/mol. The van der Waals surface area contributed by atoms with Crippen molar-refractivity contribution in [1.82, 2.24) is 10.1 Å². The number of aromatic nitrogens is 2. The molecule has 4 aromatic rings. The fourth-order valence-corrected chi connectivity index (χ4v) is 3.24. The topological polar surface area (TPSA) is 77.2 Å². The summed E-state index contributed by atoms with van der Waals surface area (Å²) in [5, 5.41) is 9.55. The summed E-state index contributed by atoms with van der Waals surface area (Å²) in [7, 11) is 0. The standard InChI is InChI=1S/C21H17N3O3S/c25-20(19-14-28-21(23-19)22-12-15-7-3-1-4-8-15)26-13-17-11-18(24-27-17)16-9-5-2-6-10-16/h1-11,14H,12-13H2,(H,22,23). The van der Waals surface area contributed by atoms with Gasteiger partial charge >= 0.3 is 5.97 Å². The summed E-state index contributed by atoms with van der Waals surface area (Å²) in [6.45, 7) is 0.645. The van der Waals surface area contributed by atoms with Gasteiger partial charge in [0.25, 0.3) is 0 Å². The lowest BCUT2D eigenvalue weighted by Gasteiger charge is -2.02. The third kappa shape index (κ3) is 4.44. The maximum atomic E-state index is 12.2. The number of ether oxygens (including phenoxy) is 1. The van der Waals surface area contributed by atoms with Gasteiger partial charge in [0.05, 0.1) is 0 Å². The van der Waals surface area contributed by atoms with Gasteiger partial charge in [-0.25, -0.2) is 9.78 Å². The quantitative estimate of drug-likeness (QED) is 0.457. The van der Waals surface area contributed by atoms with Gasteiger partial charge in [0.15, 0.2) is 23.2 Å². The molecule has 28 heavy (non-hydrogen) atoms. The van der Waals surface area contributed by atoms with Crippen molar-refractivity contribution >= 4 is 22.4 Å². The van der Waals surface area contributed by atoms with Gasteiger partial charge in [-0.3, -0.25) is 0 Å². The highest BCUT2D eigenvalue weighted by Gasteiger charge is 2.14. The lowest BCUT2D eigenvalue weighted by molar-refractivity contribution is 0.0431. The van der Waals surface area contributed by atoms with E-state index >= 15 is 0 Å². The molecule has 7 heteroatoms. The van der Waals surface area contributed by atoms with Crippen LogP contribution in [0.1, 0.15) is 21.8 Å². The van der Waals surface area contributed by atoms with Crippen LogP contribution in [-0.2, 0) is 17.9 Å². The van der Waals surface area contributed by atoms with Crippen molar-refractivity contribution in [3.05, 3.63) is 89.1 Å². The lowest BCUT2D eigenvalue weighted by Crippen LogP contribution is -2.06. The number of carbonyl (C=O) groups excluding carboxylic acids is 1. The second kappa shape index (κ2) is 8.49. The molecule has 2 aromatic carbocycles. The predicted molar refractivity (Wildman–Crippen MR) is 107 cm³/mol. The van der Waals surface area contributed by atoms with Gasteiger partial charge in [-0.05, 0) is 5.56 Å². The van der Waals surface area contributed by atoms with E-state index in [-0.39, 0.29) is 12.3 Å². The molecule has 0 amide bonds. The molecule has 0 spiro atoms. The number of esters is 1. The highest BCUT2D eigenvalue weighted by Crippen LogP contribution is 2.20. The van der Waals surface area contributed by atoms with E-state index in [9.17, 15) is 4.79 Å². The van der Waals surface area contributed by atoms with Crippen LogP contribution in [0.25, 0.3) is 11.3 Å². The van der Waals surface area contributed by atoms with Crippen molar-refractivity contribution in [2.45, 2.75) is 13.2 Å². The summed E-state index contributed by atoms with van der Waals surface area (Å²) >= 11 is 1.36. The number of hydrogen-bond donors (Lipinski definition) is 1. The number of thiazole rings is 1. The molecule has 6 nitrogen and oxygen atoms in total. The van der Waals surface area contributed by atoms with Gasteiger partial charge < -0.3 is 14.6 Å². The van der Waals surface area contributed by atoms with E-state index in [4.69, 9.17) is 9.26 Å². The van der Waals surface area contributed by atoms with Crippen molar-refractivity contribution in [1.29, 1.82) is 0 Å². The molecule has 140 valence electrons. The largest absolute Gasteiger partial charge is 0.453 e. The Morgan fingerprint density at radius 2 is 1.82 bits per heavy atom. The highest BCUT2D eigenvalue weighted by molar-refractivity contribution is 7.13. The number of rotatable bonds is 7. The van der Waals surface area contributed by atoms with Gasteiger partial charge in [0, 0.05) is 23.6 Å². The summed E-state index contributed by atoms with van der Waals surface area (Å²) in [6, 6.07) is 21.4. The minimum atomic E-state index is -0.498. The normalized spacial score (nSPS) is 10.6. The molecule has 0 unspecified atom stereocenters. The van der Waals surface area contributed by atoms with Gasteiger partial charge in [0.2, 0.25) is 0 Å². The molecule has 0 radical (unpaired) electrons. The van der Waals surface area contributed by atoms with Crippen LogP contribution in [0.3, 0.4) is 0 Å². The Morgan fingerprint density at radius 3 is 2.61 bits per heavy atom. The van der Waals surface area contributed by atoms with Crippen LogP contribution in [0, 0.1) is 0 Å². The minimum absolute atomic E-state index is 0.00295. The molecule has 2 heterocycles. The van der Waals surface area contributed by atoms with Crippen LogP contribution in [0.15, 0.2) is 76.6 Å². The third-order valence-corrected chi connectivity index (χ3v) is 4.77. The first kappa shape index (κ1) is 17.9. The highest BCUT2D eigenvalue weighted by atomic mass is 32.1. The Morgan fingerprint density at radius 1 is 1.07 bits per heavy atom. The van der Waals surface area contributed by atoms with E-state index in [1.54, 1.807) is 11.4 Å². The summed E-state index contributed by atoms with van der Waals surface area (Å²) in [5.41, 5.74) is 3.05. The number of nitrogens with one attached hydrogen (secondary N) is 1. The SMILES string of the molecule is O=C(OCc1cc(-c2ccccc2)no1)c1csc(NCc2ccccc2)n1.